The minimum absolute atomic E-state index is 0.114. The second kappa shape index (κ2) is 13.9. The molecule has 3 fully saturated rings. The molecule has 2 unspecified atom stereocenters. The van der Waals surface area contributed by atoms with Gasteiger partial charge in [-0.25, -0.2) is 4.39 Å². The Kier molecular flexibility index (Phi) is 10.9. The first-order chi connectivity index (χ1) is 17.4. The Hall–Kier alpha value is -2.28. The lowest BCUT2D eigenvalue weighted by atomic mass is 9.90. The molecule has 2 aliphatic carbocycles. The molecule has 0 bridgehead atoms. The van der Waals surface area contributed by atoms with Crippen LogP contribution in [0.3, 0.4) is 0 Å². The van der Waals surface area contributed by atoms with Gasteiger partial charge in [0.15, 0.2) is 0 Å². The number of hydrogen-bond acceptors (Lipinski definition) is 4. The largest absolute Gasteiger partial charge is 0.322 e. The molecule has 1 aromatic carbocycles. The van der Waals surface area contributed by atoms with Crippen LogP contribution in [0.5, 0.6) is 0 Å². The molecule has 2 aliphatic heterocycles. The molecule has 0 radical (unpaired) electrons. The quantitative estimate of drug-likeness (QED) is 0.554. The number of benzene rings is 1. The molecule has 5 rings (SSSR count). The van der Waals surface area contributed by atoms with Crippen molar-refractivity contribution >= 4 is 17.7 Å². The van der Waals surface area contributed by atoms with Gasteiger partial charge in [0.2, 0.25) is 11.8 Å². The molecule has 3 amide bonds. The Morgan fingerprint density at radius 3 is 2.36 bits per heavy atom. The summed E-state index contributed by atoms with van der Waals surface area (Å²) in [4.78, 5) is 37.0. The average molecular weight is 502 g/mol. The fourth-order valence-electron chi connectivity index (χ4n) is 5.73. The number of imide groups is 1. The number of nitrogens with zero attached hydrogens (tertiary/aromatic N) is 1. The summed E-state index contributed by atoms with van der Waals surface area (Å²) in [6, 6.07) is 6.45. The van der Waals surface area contributed by atoms with Gasteiger partial charge in [0, 0.05) is 30.6 Å². The van der Waals surface area contributed by atoms with E-state index < -0.39 is 12.2 Å². The number of piperidine rings is 1. The van der Waals surface area contributed by atoms with Crippen LogP contribution in [0.25, 0.3) is 0 Å². The third-order valence-corrected chi connectivity index (χ3v) is 7.68. The standard InChI is InChI=1S/C15H16N2O3.C12H22FN.C2H6/c1-2-9-3-4-11-10(7-9)8-17(15(11)20)12-5-6-13(18)16-14(12)19;13-10-5-4-8-12(9-10)14-11-6-2-1-3-7-11;1-2/h3-4,7,12H,2,5-6,8H2,1H3,(H,16,18,19);10-12,14H,1-9H2;1-2H3/t;10-,12?;/m.1./s1. The average Bonchev–Trinajstić information content (AvgIpc) is 3.21. The summed E-state index contributed by atoms with van der Waals surface area (Å²) in [6.45, 7) is 6.52. The number of amides is 3. The minimum atomic E-state index is -0.537. The summed E-state index contributed by atoms with van der Waals surface area (Å²) < 4.78 is 13.1. The zero-order valence-electron chi connectivity index (χ0n) is 22.3. The van der Waals surface area contributed by atoms with Crippen LogP contribution in [0.4, 0.5) is 4.39 Å². The summed E-state index contributed by atoms with van der Waals surface area (Å²) in [5.74, 6) is -0.737. The van der Waals surface area contributed by atoms with Gasteiger partial charge < -0.3 is 10.2 Å². The van der Waals surface area contributed by atoms with Crippen molar-refractivity contribution in [2.24, 2.45) is 0 Å². The zero-order valence-corrected chi connectivity index (χ0v) is 22.3. The zero-order chi connectivity index (χ0) is 26.1. The molecule has 0 aromatic heterocycles. The van der Waals surface area contributed by atoms with Gasteiger partial charge in [-0.2, -0.15) is 0 Å². The van der Waals surface area contributed by atoms with Crippen molar-refractivity contribution < 1.29 is 18.8 Å². The third kappa shape index (κ3) is 7.37. The molecule has 36 heavy (non-hydrogen) atoms. The molecule has 0 spiro atoms. The number of carbonyl (C=O) groups excluding carboxylic acids is 3. The van der Waals surface area contributed by atoms with Crippen molar-refractivity contribution in [1.82, 2.24) is 15.5 Å². The number of halogens is 1. The highest BCUT2D eigenvalue weighted by Crippen LogP contribution is 2.28. The van der Waals surface area contributed by atoms with Crippen molar-refractivity contribution in [3.05, 3.63) is 34.9 Å². The van der Waals surface area contributed by atoms with Gasteiger partial charge >= 0.3 is 0 Å². The van der Waals surface area contributed by atoms with Crippen molar-refractivity contribution in [2.45, 2.75) is 129 Å². The summed E-state index contributed by atoms with van der Waals surface area (Å²) >= 11 is 0. The molecule has 1 saturated heterocycles. The lowest BCUT2D eigenvalue weighted by Crippen LogP contribution is -2.52. The second-order valence-corrected chi connectivity index (χ2v) is 10.2. The Labute approximate surface area is 215 Å². The molecule has 7 heteroatoms. The number of rotatable bonds is 4. The maximum Gasteiger partial charge on any atom is 0.255 e. The predicted molar refractivity (Wildman–Crippen MR) is 140 cm³/mol. The highest BCUT2D eigenvalue weighted by molar-refractivity contribution is 6.05. The van der Waals surface area contributed by atoms with Gasteiger partial charge in [-0.15, -0.1) is 0 Å². The molecule has 4 aliphatic rings. The first-order valence-corrected chi connectivity index (χ1v) is 14.1. The van der Waals surface area contributed by atoms with Gasteiger partial charge in [0.1, 0.15) is 12.2 Å². The van der Waals surface area contributed by atoms with E-state index in [-0.39, 0.29) is 24.1 Å². The Morgan fingerprint density at radius 2 is 1.69 bits per heavy atom. The summed E-state index contributed by atoms with van der Waals surface area (Å²) in [7, 11) is 0. The maximum atomic E-state index is 13.1. The van der Waals surface area contributed by atoms with Crippen LogP contribution in [-0.4, -0.2) is 46.9 Å². The number of aryl methyl sites for hydroxylation is 1. The first-order valence-electron chi connectivity index (χ1n) is 14.1. The van der Waals surface area contributed by atoms with Crippen LogP contribution in [0, 0.1) is 0 Å². The number of carbonyl (C=O) groups is 3. The third-order valence-electron chi connectivity index (χ3n) is 7.68. The van der Waals surface area contributed by atoms with Crippen LogP contribution >= 0.6 is 0 Å². The van der Waals surface area contributed by atoms with Gasteiger partial charge in [-0.1, -0.05) is 52.2 Å². The van der Waals surface area contributed by atoms with Gasteiger partial charge in [-0.05, 0) is 68.6 Å². The Morgan fingerprint density at radius 1 is 0.972 bits per heavy atom. The van der Waals surface area contributed by atoms with E-state index in [0.29, 0.717) is 30.6 Å². The van der Waals surface area contributed by atoms with Crippen molar-refractivity contribution in [2.75, 3.05) is 0 Å². The minimum Gasteiger partial charge on any atom is -0.322 e. The van der Waals surface area contributed by atoms with Crippen molar-refractivity contribution in [1.29, 1.82) is 0 Å². The van der Waals surface area contributed by atoms with Gasteiger partial charge in [0.05, 0.1) is 0 Å². The SMILES string of the molecule is CC.CCc1ccc2c(c1)CN(C1CCC(=O)NC1=O)C2=O.F[C@@H]1CCCC(NC2CCCCC2)C1. The maximum absolute atomic E-state index is 13.1. The van der Waals surface area contributed by atoms with E-state index in [1.165, 1.54) is 44.1 Å². The van der Waals surface area contributed by atoms with Crippen LogP contribution < -0.4 is 10.6 Å². The predicted octanol–water partition coefficient (Wildman–Crippen LogP) is 5.23. The van der Waals surface area contributed by atoms with E-state index >= 15 is 0 Å². The van der Waals surface area contributed by atoms with Crippen LogP contribution in [-0.2, 0) is 22.6 Å². The summed E-state index contributed by atoms with van der Waals surface area (Å²) in [5, 5.41) is 5.95. The summed E-state index contributed by atoms with van der Waals surface area (Å²) in [6.07, 6.45) is 11.6. The van der Waals surface area contributed by atoms with E-state index in [4.69, 9.17) is 0 Å². The van der Waals surface area contributed by atoms with Gasteiger partial charge in [0.25, 0.3) is 5.91 Å². The fourth-order valence-corrected chi connectivity index (χ4v) is 5.73. The van der Waals surface area contributed by atoms with E-state index in [9.17, 15) is 18.8 Å². The van der Waals surface area contributed by atoms with Crippen molar-refractivity contribution in [3.63, 3.8) is 0 Å². The number of nitrogens with one attached hydrogen (secondary N) is 2. The molecule has 6 nitrogen and oxygen atoms in total. The van der Waals surface area contributed by atoms with E-state index in [1.54, 1.807) is 4.90 Å². The molecule has 1 aromatic rings. The lowest BCUT2D eigenvalue weighted by molar-refractivity contribution is -0.136. The fraction of sp³-hybridized carbons (Fsp3) is 0.690. The van der Waals surface area contributed by atoms with Crippen molar-refractivity contribution in [3.8, 4) is 0 Å². The number of hydrogen-bond donors (Lipinski definition) is 2. The van der Waals surface area contributed by atoms with Crippen LogP contribution in [0.1, 0.15) is 113 Å². The molecular formula is C29H44FN3O3. The first kappa shape index (κ1) is 28.3. The Balaban J connectivity index is 0.000000198. The monoisotopic (exact) mass is 501 g/mol. The lowest BCUT2D eigenvalue weighted by Gasteiger charge is -2.31. The molecule has 2 heterocycles. The van der Waals surface area contributed by atoms with E-state index in [2.05, 4.69) is 17.6 Å². The van der Waals surface area contributed by atoms with E-state index in [1.807, 2.05) is 32.0 Å². The van der Waals surface area contributed by atoms with Crippen LogP contribution in [0.15, 0.2) is 18.2 Å². The topological polar surface area (TPSA) is 78.5 Å². The number of fused-ring (bicyclic) bond motifs is 1. The van der Waals surface area contributed by atoms with Gasteiger partial charge in [-0.3, -0.25) is 19.7 Å². The molecule has 2 saturated carbocycles. The highest BCUT2D eigenvalue weighted by Gasteiger charge is 2.39. The number of alkyl halides is 1. The second-order valence-electron chi connectivity index (χ2n) is 10.2. The normalized spacial score (nSPS) is 26.3. The molecule has 2 N–H and O–H groups in total. The Bertz CT molecular complexity index is 900. The molecular weight excluding hydrogens is 457 g/mol. The smallest absolute Gasteiger partial charge is 0.255 e. The molecule has 200 valence electrons. The van der Waals surface area contributed by atoms with E-state index in [0.717, 1.165) is 31.2 Å². The molecule has 3 atom stereocenters. The highest BCUT2D eigenvalue weighted by atomic mass is 19.1. The summed E-state index contributed by atoms with van der Waals surface area (Å²) in [5.41, 5.74) is 2.83. The van der Waals surface area contributed by atoms with Crippen LogP contribution in [0.2, 0.25) is 0 Å².